The van der Waals surface area contributed by atoms with Gasteiger partial charge in [-0.05, 0) is 38.0 Å². The van der Waals surface area contributed by atoms with Crippen molar-refractivity contribution in [3.05, 3.63) is 24.0 Å². The van der Waals surface area contributed by atoms with Crippen LogP contribution in [0.5, 0.6) is 0 Å². The number of nitrogens with zero attached hydrogens (tertiary/aromatic N) is 4. The van der Waals surface area contributed by atoms with E-state index < -0.39 is 5.97 Å². The average molecular weight is 316 g/mol. The number of fused-ring (bicyclic) bond motifs is 2. The first kappa shape index (κ1) is 14.4. The molecule has 2 aliphatic carbocycles. The summed E-state index contributed by atoms with van der Waals surface area (Å²) in [4.78, 5) is 26.0. The van der Waals surface area contributed by atoms with Crippen LogP contribution in [0.2, 0.25) is 0 Å². The van der Waals surface area contributed by atoms with E-state index in [0.717, 1.165) is 38.6 Å². The van der Waals surface area contributed by atoms with Crippen LogP contribution in [0.15, 0.2) is 18.3 Å². The number of amides is 1. The highest BCUT2D eigenvalue weighted by molar-refractivity contribution is 5.86. The Morgan fingerprint density at radius 2 is 2.26 bits per heavy atom. The van der Waals surface area contributed by atoms with Gasteiger partial charge in [-0.15, -0.1) is 5.10 Å². The van der Waals surface area contributed by atoms with Gasteiger partial charge in [0.2, 0.25) is 5.91 Å². The first-order valence-electron chi connectivity index (χ1n) is 8.21. The lowest BCUT2D eigenvalue weighted by atomic mass is 9.86. The monoisotopic (exact) mass is 316 g/mol. The molecule has 7 nitrogen and oxygen atoms in total. The van der Waals surface area contributed by atoms with Crippen molar-refractivity contribution in [2.45, 2.75) is 44.7 Å². The lowest BCUT2D eigenvalue weighted by molar-refractivity contribution is -0.140. The molecular weight excluding hydrogens is 296 g/mol. The number of hydrogen-bond donors (Lipinski definition) is 1. The fourth-order valence-electron chi connectivity index (χ4n) is 4.30. The van der Waals surface area contributed by atoms with Crippen LogP contribution < -0.4 is 0 Å². The van der Waals surface area contributed by atoms with E-state index >= 15 is 0 Å². The van der Waals surface area contributed by atoms with Crippen molar-refractivity contribution in [2.75, 3.05) is 6.54 Å². The Hall–Kier alpha value is -2.18. The molecule has 2 heterocycles. The zero-order valence-electron chi connectivity index (χ0n) is 12.9. The summed E-state index contributed by atoms with van der Waals surface area (Å²) in [5.41, 5.74) is -0.334. The van der Waals surface area contributed by atoms with Crippen LogP contribution in [0.3, 0.4) is 0 Å². The fraction of sp³-hybridized carbons (Fsp3) is 0.625. The number of aromatic nitrogens is 3. The smallest absolute Gasteiger partial charge is 0.358 e. The zero-order chi connectivity index (χ0) is 16.0. The van der Waals surface area contributed by atoms with Crippen molar-refractivity contribution in [1.82, 2.24) is 19.9 Å². The van der Waals surface area contributed by atoms with Crippen LogP contribution in [-0.4, -0.2) is 49.5 Å². The van der Waals surface area contributed by atoms with Gasteiger partial charge in [0.1, 0.15) is 0 Å². The zero-order valence-corrected chi connectivity index (χ0v) is 12.9. The summed E-state index contributed by atoms with van der Waals surface area (Å²) >= 11 is 0. The number of carboxylic acid groups (broad SMARTS) is 1. The van der Waals surface area contributed by atoms with Crippen molar-refractivity contribution >= 4 is 11.9 Å². The molecule has 1 amide bonds. The van der Waals surface area contributed by atoms with Crippen molar-refractivity contribution in [2.24, 2.45) is 11.3 Å². The van der Waals surface area contributed by atoms with Gasteiger partial charge in [-0.25, -0.2) is 9.48 Å². The average Bonchev–Trinajstić information content (AvgIpc) is 3.31. The summed E-state index contributed by atoms with van der Waals surface area (Å²) in [6.07, 6.45) is 10.7. The van der Waals surface area contributed by atoms with Crippen molar-refractivity contribution in [1.29, 1.82) is 0 Å². The van der Waals surface area contributed by atoms with Crippen LogP contribution in [0.25, 0.3) is 0 Å². The van der Waals surface area contributed by atoms with E-state index in [4.69, 9.17) is 5.11 Å². The van der Waals surface area contributed by atoms with Crippen LogP contribution in [0.1, 0.15) is 42.6 Å². The summed E-state index contributed by atoms with van der Waals surface area (Å²) in [7, 11) is 0. The molecule has 0 spiro atoms. The molecule has 3 unspecified atom stereocenters. The summed E-state index contributed by atoms with van der Waals surface area (Å²) in [5.74, 6) is -0.258. The van der Waals surface area contributed by atoms with Gasteiger partial charge in [0.05, 0.1) is 24.2 Å². The number of carboxylic acids is 1. The molecule has 3 atom stereocenters. The van der Waals surface area contributed by atoms with Gasteiger partial charge < -0.3 is 10.0 Å². The SMILES string of the molecule is O=C(O)c1cn(CC2CCCN2C(=O)C23C=CC(CC2)C3)nn1. The molecule has 4 rings (SSSR count). The van der Waals surface area contributed by atoms with Gasteiger partial charge in [0, 0.05) is 6.54 Å². The third-order valence-electron chi connectivity index (χ3n) is 5.49. The Balaban J connectivity index is 1.49. The molecule has 1 saturated carbocycles. The summed E-state index contributed by atoms with van der Waals surface area (Å²) in [6, 6.07) is 0.0771. The quantitative estimate of drug-likeness (QED) is 0.846. The lowest BCUT2D eigenvalue weighted by Gasteiger charge is -2.32. The molecule has 23 heavy (non-hydrogen) atoms. The Bertz CT molecular complexity index is 683. The molecule has 0 radical (unpaired) electrons. The molecule has 1 saturated heterocycles. The second kappa shape index (κ2) is 5.18. The number of rotatable bonds is 4. The third-order valence-corrected chi connectivity index (χ3v) is 5.49. The molecule has 3 aliphatic rings. The van der Waals surface area contributed by atoms with Gasteiger partial charge in [-0.3, -0.25) is 4.79 Å². The predicted octanol–water partition coefficient (Wildman–Crippen LogP) is 1.32. The summed E-state index contributed by atoms with van der Waals surface area (Å²) in [6.45, 7) is 1.29. The molecule has 2 bridgehead atoms. The van der Waals surface area contributed by atoms with E-state index in [-0.39, 0.29) is 23.1 Å². The van der Waals surface area contributed by atoms with Crippen molar-refractivity contribution < 1.29 is 14.7 Å². The number of allylic oxidation sites excluding steroid dienone is 1. The number of hydrogen-bond acceptors (Lipinski definition) is 4. The standard InChI is InChI=1S/C16H20N4O3/c21-14(22)13-10-19(18-17-13)9-12-2-1-7-20(12)15(23)16-5-3-11(8-16)4-6-16/h3,5,10-12H,1-2,4,6-9H2,(H,21,22). The Morgan fingerprint density at radius 1 is 1.39 bits per heavy atom. The Labute approximate surface area is 134 Å². The molecule has 2 fully saturated rings. The van der Waals surface area contributed by atoms with E-state index in [1.807, 2.05) is 4.90 Å². The van der Waals surface area contributed by atoms with E-state index in [1.165, 1.54) is 6.20 Å². The number of likely N-dealkylation sites (tertiary alicyclic amines) is 1. The van der Waals surface area contributed by atoms with E-state index in [1.54, 1.807) is 4.68 Å². The second-order valence-electron chi connectivity index (χ2n) is 6.94. The molecule has 0 aromatic carbocycles. The maximum Gasteiger partial charge on any atom is 0.358 e. The highest BCUT2D eigenvalue weighted by Gasteiger charge is 2.49. The fourth-order valence-corrected chi connectivity index (χ4v) is 4.30. The summed E-state index contributed by atoms with van der Waals surface area (Å²) < 4.78 is 1.54. The van der Waals surface area contributed by atoms with Gasteiger partial charge in [0.15, 0.2) is 5.69 Å². The molecular formula is C16H20N4O3. The van der Waals surface area contributed by atoms with E-state index in [9.17, 15) is 9.59 Å². The van der Waals surface area contributed by atoms with Gasteiger partial charge in [-0.1, -0.05) is 17.4 Å². The van der Waals surface area contributed by atoms with Crippen molar-refractivity contribution in [3.8, 4) is 0 Å². The predicted molar refractivity (Wildman–Crippen MR) is 80.6 cm³/mol. The molecule has 122 valence electrons. The molecule has 1 aromatic heterocycles. The van der Waals surface area contributed by atoms with E-state index in [0.29, 0.717) is 12.5 Å². The van der Waals surface area contributed by atoms with Gasteiger partial charge >= 0.3 is 5.97 Å². The van der Waals surface area contributed by atoms with Crippen LogP contribution in [-0.2, 0) is 11.3 Å². The minimum Gasteiger partial charge on any atom is -0.476 e. The minimum atomic E-state index is -1.08. The van der Waals surface area contributed by atoms with Gasteiger partial charge in [-0.2, -0.15) is 0 Å². The maximum atomic E-state index is 13.1. The highest BCUT2D eigenvalue weighted by Crippen LogP contribution is 2.50. The molecule has 1 aliphatic heterocycles. The second-order valence-corrected chi connectivity index (χ2v) is 6.94. The number of aromatic carboxylic acids is 1. The largest absolute Gasteiger partial charge is 0.476 e. The Kier molecular flexibility index (Phi) is 3.25. The normalized spacial score (nSPS) is 31.9. The minimum absolute atomic E-state index is 0.0585. The lowest BCUT2D eigenvalue weighted by Crippen LogP contribution is -2.45. The number of carbonyl (C=O) groups is 2. The highest BCUT2D eigenvalue weighted by atomic mass is 16.4. The number of carbonyl (C=O) groups excluding carboxylic acids is 1. The van der Waals surface area contributed by atoms with Crippen LogP contribution >= 0.6 is 0 Å². The van der Waals surface area contributed by atoms with Crippen LogP contribution in [0, 0.1) is 11.3 Å². The third kappa shape index (κ3) is 2.34. The first-order chi connectivity index (χ1) is 11.1. The molecule has 1 N–H and O–H groups in total. The van der Waals surface area contributed by atoms with E-state index in [2.05, 4.69) is 22.5 Å². The topological polar surface area (TPSA) is 88.3 Å². The first-order valence-corrected chi connectivity index (χ1v) is 8.21. The molecule has 7 heteroatoms. The summed E-state index contributed by atoms with van der Waals surface area (Å²) in [5, 5.41) is 16.4. The molecule has 1 aromatic rings. The Morgan fingerprint density at radius 3 is 2.87 bits per heavy atom. The maximum absolute atomic E-state index is 13.1. The van der Waals surface area contributed by atoms with Crippen LogP contribution in [0.4, 0.5) is 0 Å². The van der Waals surface area contributed by atoms with Crippen molar-refractivity contribution in [3.63, 3.8) is 0 Å². The van der Waals surface area contributed by atoms with Gasteiger partial charge in [0.25, 0.3) is 0 Å².